The molecular formula is C50H38Si. The van der Waals surface area contributed by atoms with Gasteiger partial charge in [0.25, 0.3) is 0 Å². The monoisotopic (exact) mass is 666 g/mol. The molecule has 0 atom stereocenters. The number of hydrogen-bond acceptors (Lipinski definition) is 0. The van der Waals surface area contributed by atoms with Gasteiger partial charge >= 0.3 is 0 Å². The van der Waals surface area contributed by atoms with Crippen LogP contribution in [0.25, 0.3) is 87.6 Å². The van der Waals surface area contributed by atoms with E-state index in [2.05, 4.69) is 185 Å². The average Bonchev–Trinajstić information content (AvgIpc) is 3.37. The maximum Gasteiger partial charge on any atom is 0.113 e. The molecule has 0 fully saturated rings. The first-order chi connectivity index (χ1) is 24.9. The molecule has 242 valence electrons. The molecule has 0 nitrogen and oxygen atoms in total. The Morgan fingerprint density at radius 2 is 0.902 bits per heavy atom. The molecule has 1 heteroatoms. The first-order valence-electron chi connectivity index (χ1n) is 18.1. The summed E-state index contributed by atoms with van der Waals surface area (Å²) in [5.41, 5.74) is 13.1. The largest absolute Gasteiger partial charge is 0.113 e. The molecule has 0 aliphatic carbocycles. The molecule has 0 saturated heterocycles. The van der Waals surface area contributed by atoms with E-state index >= 15 is 0 Å². The quantitative estimate of drug-likeness (QED) is 0.130. The molecule has 0 radical (unpaired) electrons. The van der Waals surface area contributed by atoms with E-state index in [4.69, 9.17) is 0 Å². The van der Waals surface area contributed by atoms with Crippen molar-refractivity contribution < 1.29 is 0 Å². The van der Waals surface area contributed by atoms with Gasteiger partial charge in [-0.15, -0.1) is 0 Å². The first kappa shape index (κ1) is 30.1. The first-order valence-corrected chi connectivity index (χ1v) is 21.1. The van der Waals surface area contributed by atoms with Crippen LogP contribution in [0.4, 0.5) is 0 Å². The van der Waals surface area contributed by atoms with Crippen molar-refractivity contribution in [3.05, 3.63) is 169 Å². The molecule has 9 aromatic rings. The molecule has 0 bridgehead atoms. The standard InChI is InChI=1S/C50H38Si/c1-31-25-32(2)27-36(26-31)49-42-24-23-35(39-20-11-15-33-13-5-7-17-37(33)39)28-44(42)50(41-21-12-16-34-14-6-8-18-38(34)41)46-30-48-43(29-45(46)49)40-19-9-10-22-47(40)51(48,3)4/h5-30H,1-4H3. The van der Waals surface area contributed by atoms with Crippen LogP contribution in [0.3, 0.4) is 0 Å². The second kappa shape index (κ2) is 11.1. The molecule has 10 rings (SSSR count). The van der Waals surface area contributed by atoms with Gasteiger partial charge in [-0.05, 0) is 124 Å². The minimum Gasteiger partial charge on any atom is -0.0623 e. The summed E-state index contributed by atoms with van der Waals surface area (Å²) >= 11 is 0. The maximum absolute atomic E-state index is 2.62. The fraction of sp³-hybridized carbons (Fsp3) is 0.0800. The van der Waals surface area contributed by atoms with Gasteiger partial charge in [-0.25, -0.2) is 0 Å². The van der Waals surface area contributed by atoms with E-state index in [0.717, 1.165) is 0 Å². The van der Waals surface area contributed by atoms with Crippen molar-refractivity contribution in [1.29, 1.82) is 0 Å². The van der Waals surface area contributed by atoms with E-state index in [1.165, 1.54) is 109 Å². The van der Waals surface area contributed by atoms with Crippen LogP contribution in [0.2, 0.25) is 13.1 Å². The van der Waals surface area contributed by atoms with E-state index in [1.807, 2.05) is 0 Å². The van der Waals surface area contributed by atoms with Crippen LogP contribution in [0.1, 0.15) is 11.1 Å². The van der Waals surface area contributed by atoms with Crippen LogP contribution in [0, 0.1) is 13.8 Å². The Balaban J connectivity index is 1.43. The van der Waals surface area contributed by atoms with Crippen molar-refractivity contribution in [1.82, 2.24) is 0 Å². The molecule has 51 heavy (non-hydrogen) atoms. The zero-order chi connectivity index (χ0) is 34.4. The van der Waals surface area contributed by atoms with E-state index in [1.54, 1.807) is 0 Å². The SMILES string of the molecule is Cc1cc(C)cc(-c2c3ccc(-c4cccc5ccccc45)cc3c(-c3cccc4ccccc34)c3cc4c(cc23)-c2ccccc2[Si]4(C)C)c1. The highest BCUT2D eigenvalue weighted by Gasteiger charge is 2.38. The number of hydrogen-bond donors (Lipinski definition) is 0. The molecule has 0 spiro atoms. The van der Waals surface area contributed by atoms with Gasteiger partial charge in [0, 0.05) is 0 Å². The molecule has 1 aliphatic rings. The maximum atomic E-state index is 2.62. The lowest BCUT2D eigenvalue weighted by atomic mass is 9.82. The molecule has 9 aromatic carbocycles. The summed E-state index contributed by atoms with van der Waals surface area (Å²) in [6, 6.07) is 59.9. The Morgan fingerprint density at radius 3 is 1.65 bits per heavy atom. The molecule has 0 amide bonds. The van der Waals surface area contributed by atoms with Crippen LogP contribution in [-0.2, 0) is 0 Å². The van der Waals surface area contributed by atoms with Gasteiger partial charge in [-0.2, -0.15) is 0 Å². The van der Waals surface area contributed by atoms with E-state index in [9.17, 15) is 0 Å². The Hall–Kier alpha value is -5.76. The van der Waals surface area contributed by atoms with Crippen LogP contribution in [0.15, 0.2) is 158 Å². The zero-order valence-corrected chi connectivity index (χ0v) is 30.5. The fourth-order valence-electron chi connectivity index (χ4n) is 9.23. The Morgan fingerprint density at radius 1 is 0.333 bits per heavy atom. The van der Waals surface area contributed by atoms with Crippen molar-refractivity contribution in [2.75, 3.05) is 0 Å². The number of aryl methyl sites for hydroxylation is 2. The summed E-state index contributed by atoms with van der Waals surface area (Å²) in [7, 11) is -1.95. The summed E-state index contributed by atoms with van der Waals surface area (Å²) in [5, 5.41) is 13.4. The van der Waals surface area contributed by atoms with Crippen LogP contribution >= 0.6 is 0 Å². The normalized spacial score (nSPS) is 13.3. The van der Waals surface area contributed by atoms with Gasteiger partial charge in [0.15, 0.2) is 0 Å². The van der Waals surface area contributed by atoms with Gasteiger partial charge in [-0.3, -0.25) is 0 Å². The number of fused-ring (bicyclic) bond motifs is 7. The van der Waals surface area contributed by atoms with Gasteiger partial charge in [-0.1, -0.05) is 170 Å². The third-order valence-electron chi connectivity index (χ3n) is 11.5. The van der Waals surface area contributed by atoms with Gasteiger partial charge < -0.3 is 0 Å². The summed E-state index contributed by atoms with van der Waals surface area (Å²) < 4.78 is 0. The number of benzene rings is 9. The second-order valence-electron chi connectivity index (χ2n) is 15.1. The highest BCUT2D eigenvalue weighted by atomic mass is 28.3. The second-order valence-corrected chi connectivity index (χ2v) is 19.4. The highest BCUT2D eigenvalue weighted by Crippen LogP contribution is 2.48. The third-order valence-corrected chi connectivity index (χ3v) is 15.0. The molecule has 1 heterocycles. The van der Waals surface area contributed by atoms with Gasteiger partial charge in [0.2, 0.25) is 0 Å². The molecule has 0 unspecified atom stereocenters. The van der Waals surface area contributed by atoms with Crippen LogP contribution < -0.4 is 10.4 Å². The lowest BCUT2D eigenvalue weighted by molar-refractivity contribution is 1.39. The third kappa shape index (κ3) is 4.51. The van der Waals surface area contributed by atoms with Crippen LogP contribution in [-0.4, -0.2) is 8.07 Å². The minimum atomic E-state index is -1.95. The van der Waals surface area contributed by atoms with Gasteiger partial charge in [0.1, 0.15) is 8.07 Å². The van der Waals surface area contributed by atoms with Crippen molar-refractivity contribution in [2.24, 2.45) is 0 Å². The fourth-order valence-corrected chi connectivity index (χ4v) is 12.3. The van der Waals surface area contributed by atoms with E-state index < -0.39 is 8.07 Å². The molecule has 0 N–H and O–H groups in total. The zero-order valence-electron chi connectivity index (χ0n) is 29.5. The highest BCUT2D eigenvalue weighted by molar-refractivity contribution is 7.04. The Labute approximate surface area is 300 Å². The Bertz CT molecular complexity index is 2880. The minimum absolute atomic E-state index is 1.25. The van der Waals surface area contributed by atoms with Crippen molar-refractivity contribution in [3.63, 3.8) is 0 Å². The summed E-state index contributed by atoms with van der Waals surface area (Å²) in [5.74, 6) is 0. The predicted octanol–water partition coefficient (Wildman–Crippen LogP) is 12.7. The number of rotatable bonds is 3. The average molecular weight is 667 g/mol. The molecular weight excluding hydrogens is 629 g/mol. The molecule has 0 aromatic heterocycles. The lowest BCUT2D eigenvalue weighted by Gasteiger charge is -2.23. The summed E-state index contributed by atoms with van der Waals surface area (Å²) in [6.45, 7) is 9.52. The Kier molecular flexibility index (Phi) is 6.56. The van der Waals surface area contributed by atoms with Crippen molar-refractivity contribution in [3.8, 4) is 44.5 Å². The van der Waals surface area contributed by atoms with Crippen LogP contribution in [0.5, 0.6) is 0 Å². The molecule has 1 aliphatic heterocycles. The summed E-state index contributed by atoms with van der Waals surface area (Å²) in [4.78, 5) is 0. The van der Waals surface area contributed by atoms with E-state index in [-0.39, 0.29) is 0 Å². The van der Waals surface area contributed by atoms with Gasteiger partial charge in [0.05, 0.1) is 0 Å². The van der Waals surface area contributed by atoms with E-state index in [0.29, 0.717) is 0 Å². The molecule has 0 saturated carbocycles. The smallest absolute Gasteiger partial charge is 0.0623 e. The lowest BCUT2D eigenvalue weighted by Crippen LogP contribution is -2.49. The van der Waals surface area contributed by atoms with Crippen molar-refractivity contribution in [2.45, 2.75) is 26.9 Å². The predicted molar refractivity (Wildman–Crippen MR) is 224 cm³/mol. The summed E-state index contributed by atoms with van der Waals surface area (Å²) in [6.07, 6.45) is 0. The van der Waals surface area contributed by atoms with Crippen molar-refractivity contribution >= 4 is 61.5 Å². The topological polar surface area (TPSA) is 0 Å².